The molecule has 1 aromatic carbocycles. The lowest BCUT2D eigenvalue weighted by Crippen LogP contribution is -2.43. The second-order valence-corrected chi connectivity index (χ2v) is 9.71. The molecule has 2 aromatic rings. The van der Waals surface area contributed by atoms with Crippen molar-refractivity contribution in [2.75, 3.05) is 19.6 Å². The molecular formula is C20H24N2O5S. The van der Waals surface area contributed by atoms with Crippen LogP contribution in [0.3, 0.4) is 0 Å². The van der Waals surface area contributed by atoms with Crippen molar-refractivity contribution in [3.05, 3.63) is 40.8 Å². The van der Waals surface area contributed by atoms with Crippen molar-refractivity contribution in [3.63, 3.8) is 0 Å². The average Bonchev–Trinajstić information content (AvgIpc) is 3.50. The van der Waals surface area contributed by atoms with Crippen molar-refractivity contribution >= 4 is 26.9 Å². The number of sulfonamides is 1. The van der Waals surface area contributed by atoms with Gasteiger partial charge in [-0.05, 0) is 61.8 Å². The van der Waals surface area contributed by atoms with Crippen LogP contribution in [0.2, 0.25) is 0 Å². The fourth-order valence-corrected chi connectivity index (χ4v) is 5.28. The van der Waals surface area contributed by atoms with Crippen LogP contribution in [0.15, 0.2) is 44.4 Å². The Morgan fingerprint density at radius 3 is 2.75 bits per heavy atom. The van der Waals surface area contributed by atoms with Crippen molar-refractivity contribution in [2.24, 2.45) is 11.8 Å². The number of carbonyl (C=O) groups excluding carboxylic acids is 1. The van der Waals surface area contributed by atoms with E-state index < -0.39 is 15.6 Å². The molecule has 2 aliphatic rings. The summed E-state index contributed by atoms with van der Waals surface area (Å²) in [4.78, 5) is 23.4. The highest BCUT2D eigenvalue weighted by Gasteiger charge is 2.31. The molecule has 150 valence electrons. The molecule has 8 heteroatoms. The molecule has 2 heterocycles. The third kappa shape index (κ3) is 4.28. The number of nitrogens with zero attached hydrogens (tertiary/aromatic N) is 1. The lowest BCUT2D eigenvalue weighted by Gasteiger charge is -2.32. The van der Waals surface area contributed by atoms with Crippen LogP contribution >= 0.6 is 0 Å². The fraction of sp³-hybridized carbons (Fsp3) is 0.500. The van der Waals surface area contributed by atoms with Gasteiger partial charge in [0.05, 0.1) is 4.90 Å². The third-order valence-electron chi connectivity index (χ3n) is 5.47. The Morgan fingerprint density at radius 1 is 1.14 bits per heavy atom. The molecular weight excluding hydrogens is 380 g/mol. The maximum absolute atomic E-state index is 13.1. The summed E-state index contributed by atoms with van der Waals surface area (Å²) in [7, 11) is -3.64. The topological polar surface area (TPSA) is 96.7 Å². The van der Waals surface area contributed by atoms with Gasteiger partial charge in [-0.2, -0.15) is 4.31 Å². The van der Waals surface area contributed by atoms with Crippen LogP contribution in [0.5, 0.6) is 0 Å². The Morgan fingerprint density at radius 2 is 1.96 bits per heavy atom. The third-order valence-corrected chi connectivity index (χ3v) is 7.33. The molecule has 1 N–H and O–H groups in total. The second kappa shape index (κ2) is 7.67. The first-order valence-electron chi connectivity index (χ1n) is 9.72. The number of carbonyl (C=O) groups is 1. The summed E-state index contributed by atoms with van der Waals surface area (Å²) in [6.45, 7) is 1.38. The van der Waals surface area contributed by atoms with E-state index in [4.69, 9.17) is 4.42 Å². The van der Waals surface area contributed by atoms with Gasteiger partial charge < -0.3 is 9.73 Å². The number of amides is 1. The number of fused-ring (bicyclic) bond motifs is 1. The molecule has 1 aliphatic carbocycles. The molecule has 0 spiro atoms. The minimum atomic E-state index is -3.64. The Hall–Kier alpha value is -2.19. The predicted octanol–water partition coefficient (Wildman–Crippen LogP) is 2.11. The van der Waals surface area contributed by atoms with Crippen molar-refractivity contribution in [2.45, 2.75) is 37.0 Å². The lowest BCUT2D eigenvalue weighted by molar-refractivity contribution is -0.121. The van der Waals surface area contributed by atoms with Gasteiger partial charge in [-0.3, -0.25) is 4.79 Å². The van der Waals surface area contributed by atoms with Gasteiger partial charge in [-0.15, -0.1) is 0 Å². The zero-order valence-corrected chi connectivity index (χ0v) is 16.4. The molecule has 0 radical (unpaired) electrons. The van der Waals surface area contributed by atoms with E-state index in [-0.39, 0.29) is 16.7 Å². The van der Waals surface area contributed by atoms with E-state index in [0.29, 0.717) is 42.9 Å². The zero-order chi connectivity index (χ0) is 19.7. The van der Waals surface area contributed by atoms with E-state index in [0.717, 1.165) is 25.7 Å². The summed E-state index contributed by atoms with van der Waals surface area (Å²) in [6, 6.07) is 7.37. The summed E-state index contributed by atoms with van der Waals surface area (Å²) in [5.74, 6) is 0.726. The molecule has 1 aliphatic heterocycles. The minimum Gasteiger partial charge on any atom is -0.423 e. The predicted molar refractivity (Wildman–Crippen MR) is 104 cm³/mol. The zero-order valence-electron chi connectivity index (χ0n) is 15.6. The summed E-state index contributed by atoms with van der Waals surface area (Å²) < 4.78 is 32.7. The maximum atomic E-state index is 13.1. The number of benzene rings is 1. The molecule has 7 nitrogen and oxygen atoms in total. The molecule has 1 unspecified atom stereocenters. The van der Waals surface area contributed by atoms with Crippen molar-refractivity contribution in [1.82, 2.24) is 9.62 Å². The molecule has 1 atom stereocenters. The first-order valence-corrected chi connectivity index (χ1v) is 11.2. The average molecular weight is 404 g/mol. The summed E-state index contributed by atoms with van der Waals surface area (Å²) in [5.41, 5.74) is -0.105. The molecule has 1 amide bonds. The van der Waals surface area contributed by atoms with Gasteiger partial charge in [0.15, 0.2) is 0 Å². The van der Waals surface area contributed by atoms with E-state index in [1.165, 1.54) is 28.6 Å². The highest BCUT2D eigenvalue weighted by molar-refractivity contribution is 7.89. The quantitative estimate of drug-likeness (QED) is 0.744. The van der Waals surface area contributed by atoms with Crippen LogP contribution in [-0.2, 0) is 14.8 Å². The number of rotatable bonds is 6. The van der Waals surface area contributed by atoms with Crippen LogP contribution < -0.4 is 10.9 Å². The van der Waals surface area contributed by atoms with E-state index in [2.05, 4.69) is 5.32 Å². The SMILES string of the molecule is O=C(CC1CC1)NCC1CCCN(S(=O)(=O)c2ccc3oc(=O)ccc3c2)C1. The van der Waals surface area contributed by atoms with E-state index in [1.807, 2.05) is 0 Å². The van der Waals surface area contributed by atoms with Crippen LogP contribution in [0, 0.1) is 11.8 Å². The van der Waals surface area contributed by atoms with Gasteiger partial charge >= 0.3 is 5.63 Å². The minimum absolute atomic E-state index is 0.0681. The first kappa shape index (κ1) is 19.1. The smallest absolute Gasteiger partial charge is 0.336 e. The standard InChI is InChI=1S/C20H24N2O5S/c23-19(10-14-3-4-14)21-12-15-2-1-9-22(13-15)28(25,26)17-6-7-18-16(11-17)5-8-20(24)27-18/h5-8,11,14-15H,1-4,9-10,12-13H2,(H,21,23). The highest BCUT2D eigenvalue weighted by Crippen LogP contribution is 2.32. The van der Waals surface area contributed by atoms with Gasteiger partial charge in [0.2, 0.25) is 15.9 Å². The molecule has 1 saturated heterocycles. The van der Waals surface area contributed by atoms with Crippen molar-refractivity contribution in [1.29, 1.82) is 0 Å². The van der Waals surface area contributed by atoms with Gasteiger partial charge in [0.25, 0.3) is 0 Å². The molecule has 0 bridgehead atoms. The van der Waals surface area contributed by atoms with Crippen molar-refractivity contribution < 1.29 is 17.6 Å². The molecule has 4 rings (SSSR count). The molecule has 28 heavy (non-hydrogen) atoms. The van der Waals surface area contributed by atoms with E-state index in [1.54, 1.807) is 6.07 Å². The van der Waals surface area contributed by atoms with Crippen LogP contribution in [0.4, 0.5) is 0 Å². The highest BCUT2D eigenvalue weighted by atomic mass is 32.2. The molecule has 2 fully saturated rings. The van der Waals surface area contributed by atoms with E-state index >= 15 is 0 Å². The summed E-state index contributed by atoms with van der Waals surface area (Å²) >= 11 is 0. The Balaban J connectivity index is 1.44. The molecule has 1 aromatic heterocycles. The van der Waals surface area contributed by atoms with Crippen LogP contribution in [0.1, 0.15) is 32.1 Å². The Kier molecular flexibility index (Phi) is 5.25. The number of piperidine rings is 1. The van der Waals surface area contributed by atoms with Gasteiger partial charge in [-0.25, -0.2) is 13.2 Å². The summed E-state index contributed by atoms with van der Waals surface area (Å²) in [5, 5.41) is 3.53. The Bertz CT molecular complexity index is 1040. The number of hydrogen-bond acceptors (Lipinski definition) is 5. The largest absolute Gasteiger partial charge is 0.423 e. The fourth-order valence-electron chi connectivity index (χ4n) is 3.69. The van der Waals surface area contributed by atoms with Crippen LogP contribution in [0.25, 0.3) is 11.0 Å². The Labute approximate surface area is 163 Å². The van der Waals surface area contributed by atoms with Gasteiger partial charge in [0.1, 0.15) is 5.58 Å². The lowest BCUT2D eigenvalue weighted by atomic mass is 9.99. The van der Waals surface area contributed by atoms with Gasteiger partial charge in [-0.1, -0.05) is 0 Å². The van der Waals surface area contributed by atoms with Gasteiger partial charge in [0, 0.05) is 37.5 Å². The van der Waals surface area contributed by atoms with E-state index in [9.17, 15) is 18.0 Å². The number of nitrogens with one attached hydrogen (secondary N) is 1. The van der Waals surface area contributed by atoms with Crippen molar-refractivity contribution in [3.8, 4) is 0 Å². The van der Waals surface area contributed by atoms with Crippen LogP contribution in [-0.4, -0.2) is 38.3 Å². The summed E-state index contributed by atoms with van der Waals surface area (Å²) in [6.07, 6.45) is 4.53. The maximum Gasteiger partial charge on any atom is 0.336 e. The molecule has 1 saturated carbocycles. The first-order chi connectivity index (χ1) is 13.4. The normalized spacial score (nSPS) is 20.9. The monoisotopic (exact) mass is 404 g/mol. The number of hydrogen-bond donors (Lipinski definition) is 1. The second-order valence-electron chi connectivity index (χ2n) is 7.78.